The first kappa shape index (κ1) is 18.3. The maximum atomic E-state index is 4.29. The SMILES string of the molecule is CN=C(NCCC1CC1)NC(C)CCc1ccccc1.I. The van der Waals surface area contributed by atoms with Gasteiger partial charge in [0.1, 0.15) is 0 Å². The molecule has 1 aromatic rings. The van der Waals surface area contributed by atoms with E-state index in [2.05, 4.69) is 52.9 Å². The van der Waals surface area contributed by atoms with E-state index in [9.17, 15) is 0 Å². The lowest BCUT2D eigenvalue weighted by Gasteiger charge is -2.18. The number of aliphatic imine (C=N–C) groups is 1. The Morgan fingerprint density at radius 3 is 2.62 bits per heavy atom. The number of benzene rings is 1. The van der Waals surface area contributed by atoms with E-state index in [0.717, 1.165) is 31.3 Å². The van der Waals surface area contributed by atoms with Crippen molar-refractivity contribution in [2.24, 2.45) is 10.9 Å². The second-order valence-electron chi connectivity index (χ2n) is 5.80. The van der Waals surface area contributed by atoms with Crippen LogP contribution in [0.4, 0.5) is 0 Å². The van der Waals surface area contributed by atoms with Crippen molar-refractivity contribution in [2.45, 2.75) is 45.1 Å². The summed E-state index contributed by atoms with van der Waals surface area (Å²) in [6, 6.07) is 11.1. The molecule has 0 aliphatic heterocycles. The molecule has 0 amide bonds. The second kappa shape index (κ2) is 10.0. The van der Waals surface area contributed by atoms with E-state index < -0.39 is 0 Å². The molecule has 0 aromatic heterocycles. The van der Waals surface area contributed by atoms with Gasteiger partial charge in [-0.3, -0.25) is 4.99 Å². The van der Waals surface area contributed by atoms with Crippen LogP contribution in [-0.2, 0) is 6.42 Å². The van der Waals surface area contributed by atoms with Gasteiger partial charge in [0.25, 0.3) is 0 Å². The Balaban J connectivity index is 0.00000220. The minimum atomic E-state index is 0. The van der Waals surface area contributed by atoms with Crippen molar-refractivity contribution >= 4 is 29.9 Å². The summed E-state index contributed by atoms with van der Waals surface area (Å²) in [5.74, 6) is 1.90. The summed E-state index contributed by atoms with van der Waals surface area (Å²) in [5, 5.41) is 6.88. The van der Waals surface area contributed by atoms with Crippen LogP contribution in [0.25, 0.3) is 0 Å². The largest absolute Gasteiger partial charge is 0.356 e. The number of hydrogen-bond donors (Lipinski definition) is 2. The summed E-state index contributed by atoms with van der Waals surface area (Å²) >= 11 is 0. The molecular weight excluding hydrogens is 373 g/mol. The molecule has 1 saturated carbocycles. The van der Waals surface area contributed by atoms with Crippen LogP contribution < -0.4 is 10.6 Å². The van der Waals surface area contributed by atoms with Crippen LogP contribution in [0.5, 0.6) is 0 Å². The Bertz CT molecular complexity index is 415. The number of nitrogens with zero attached hydrogens (tertiary/aromatic N) is 1. The fourth-order valence-electron chi connectivity index (χ4n) is 2.33. The number of guanidine groups is 1. The van der Waals surface area contributed by atoms with E-state index >= 15 is 0 Å². The van der Waals surface area contributed by atoms with Crippen molar-refractivity contribution in [1.82, 2.24) is 10.6 Å². The van der Waals surface area contributed by atoms with Crippen LogP contribution in [0.15, 0.2) is 35.3 Å². The molecule has 0 bridgehead atoms. The molecular formula is C17H28IN3. The number of halogens is 1. The van der Waals surface area contributed by atoms with Gasteiger partial charge in [-0.05, 0) is 37.7 Å². The first-order valence-electron chi connectivity index (χ1n) is 7.79. The van der Waals surface area contributed by atoms with Gasteiger partial charge >= 0.3 is 0 Å². The van der Waals surface area contributed by atoms with Crippen LogP contribution in [-0.4, -0.2) is 25.6 Å². The zero-order chi connectivity index (χ0) is 14.2. The molecule has 4 heteroatoms. The third-order valence-corrected chi connectivity index (χ3v) is 3.86. The molecule has 1 atom stereocenters. The molecule has 1 aliphatic carbocycles. The van der Waals surface area contributed by atoms with E-state index in [0.29, 0.717) is 6.04 Å². The average Bonchev–Trinajstić information content (AvgIpc) is 3.29. The number of aryl methyl sites for hydroxylation is 1. The van der Waals surface area contributed by atoms with Gasteiger partial charge in [-0.2, -0.15) is 0 Å². The molecule has 1 aliphatic rings. The fraction of sp³-hybridized carbons (Fsp3) is 0.588. The summed E-state index contributed by atoms with van der Waals surface area (Å²) < 4.78 is 0. The van der Waals surface area contributed by atoms with Crippen molar-refractivity contribution in [2.75, 3.05) is 13.6 Å². The smallest absolute Gasteiger partial charge is 0.191 e. The van der Waals surface area contributed by atoms with E-state index in [-0.39, 0.29) is 24.0 Å². The standard InChI is InChI=1S/C17H27N3.HI/c1-14(8-9-15-6-4-3-5-7-15)20-17(18-2)19-13-12-16-10-11-16;/h3-7,14,16H,8-13H2,1-2H3,(H2,18,19,20);1H. The summed E-state index contributed by atoms with van der Waals surface area (Å²) in [7, 11) is 1.84. The number of hydrogen-bond acceptors (Lipinski definition) is 1. The lowest BCUT2D eigenvalue weighted by molar-refractivity contribution is 0.588. The first-order chi connectivity index (χ1) is 9.78. The number of nitrogens with one attached hydrogen (secondary N) is 2. The van der Waals surface area contributed by atoms with Crippen LogP contribution in [0, 0.1) is 5.92 Å². The van der Waals surface area contributed by atoms with Crippen molar-refractivity contribution in [1.29, 1.82) is 0 Å². The maximum absolute atomic E-state index is 4.29. The summed E-state index contributed by atoms with van der Waals surface area (Å²) in [4.78, 5) is 4.29. The predicted octanol–water partition coefficient (Wildman–Crippen LogP) is 3.59. The highest BCUT2D eigenvalue weighted by Crippen LogP contribution is 2.31. The Labute approximate surface area is 146 Å². The van der Waals surface area contributed by atoms with E-state index in [1.807, 2.05) is 7.05 Å². The van der Waals surface area contributed by atoms with Gasteiger partial charge in [-0.15, -0.1) is 24.0 Å². The normalized spacial score (nSPS) is 16.0. The highest BCUT2D eigenvalue weighted by molar-refractivity contribution is 14.0. The summed E-state index contributed by atoms with van der Waals surface area (Å²) in [5.41, 5.74) is 1.40. The molecule has 2 N–H and O–H groups in total. The van der Waals surface area contributed by atoms with Crippen LogP contribution in [0.2, 0.25) is 0 Å². The van der Waals surface area contributed by atoms with Crippen molar-refractivity contribution in [3.05, 3.63) is 35.9 Å². The minimum Gasteiger partial charge on any atom is -0.356 e. The molecule has 118 valence electrons. The third kappa shape index (κ3) is 7.69. The predicted molar refractivity (Wildman–Crippen MR) is 101 cm³/mol. The molecule has 3 nitrogen and oxygen atoms in total. The Morgan fingerprint density at radius 1 is 1.29 bits per heavy atom. The monoisotopic (exact) mass is 401 g/mol. The average molecular weight is 401 g/mol. The van der Waals surface area contributed by atoms with E-state index in [1.54, 1.807) is 0 Å². The van der Waals surface area contributed by atoms with Gasteiger partial charge in [0.05, 0.1) is 0 Å². The van der Waals surface area contributed by atoms with Gasteiger partial charge in [-0.25, -0.2) is 0 Å². The van der Waals surface area contributed by atoms with Gasteiger partial charge in [0.15, 0.2) is 5.96 Å². The zero-order valence-corrected chi connectivity index (χ0v) is 15.5. The Morgan fingerprint density at radius 2 is 2.00 bits per heavy atom. The van der Waals surface area contributed by atoms with Crippen molar-refractivity contribution in [3.8, 4) is 0 Å². The van der Waals surface area contributed by atoms with Gasteiger partial charge in [-0.1, -0.05) is 43.2 Å². The molecule has 21 heavy (non-hydrogen) atoms. The molecule has 1 aromatic carbocycles. The van der Waals surface area contributed by atoms with Gasteiger partial charge in [0.2, 0.25) is 0 Å². The summed E-state index contributed by atoms with van der Waals surface area (Å²) in [6.07, 6.45) is 6.34. The molecule has 1 unspecified atom stereocenters. The number of rotatable bonds is 7. The van der Waals surface area contributed by atoms with E-state index in [1.165, 1.54) is 24.8 Å². The highest BCUT2D eigenvalue weighted by atomic mass is 127. The van der Waals surface area contributed by atoms with E-state index in [4.69, 9.17) is 0 Å². The zero-order valence-electron chi connectivity index (χ0n) is 13.1. The van der Waals surface area contributed by atoms with Crippen molar-refractivity contribution in [3.63, 3.8) is 0 Å². The Kier molecular flexibility index (Phi) is 8.73. The summed E-state index contributed by atoms with van der Waals surface area (Å²) in [6.45, 7) is 3.26. The molecule has 0 spiro atoms. The van der Waals surface area contributed by atoms with Gasteiger partial charge < -0.3 is 10.6 Å². The first-order valence-corrected chi connectivity index (χ1v) is 7.79. The molecule has 2 rings (SSSR count). The minimum absolute atomic E-state index is 0. The quantitative estimate of drug-likeness (QED) is 0.416. The second-order valence-corrected chi connectivity index (χ2v) is 5.80. The van der Waals surface area contributed by atoms with Crippen LogP contribution in [0.3, 0.4) is 0 Å². The molecule has 0 saturated heterocycles. The maximum Gasteiger partial charge on any atom is 0.191 e. The van der Waals surface area contributed by atoms with Gasteiger partial charge in [0, 0.05) is 19.6 Å². The third-order valence-electron chi connectivity index (χ3n) is 3.86. The lowest BCUT2D eigenvalue weighted by Crippen LogP contribution is -2.42. The topological polar surface area (TPSA) is 36.4 Å². The molecule has 1 fully saturated rings. The van der Waals surface area contributed by atoms with Crippen LogP contribution >= 0.6 is 24.0 Å². The lowest BCUT2D eigenvalue weighted by atomic mass is 10.1. The van der Waals surface area contributed by atoms with Crippen molar-refractivity contribution < 1.29 is 0 Å². The molecule has 0 radical (unpaired) electrons. The Hall–Kier alpha value is -0.780. The fourth-order valence-corrected chi connectivity index (χ4v) is 2.33. The van der Waals surface area contributed by atoms with Crippen LogP contribution in [0.1, 0.15) is 38.2 Å². The molecule has 0 heterocycles. The highest BCUT2D eigenvalue weighted by Gasteiger charge is 2.20.